The normalized spacial score (nSPS) is 23.7. The first-order chi connectivity index (χ1) is 8.76. The Kier molecular flexibility index (Phi) is 5.63. The number of hydrogen-bond donors (Lipinski definition) is 2. The van der Waals surface area contributed by atoms with E-state index in [-0.39, 0.29) is 18.0 Å². The Morgan fingerprint density at radius 2 is 1.79 bits per heavy atom. The van der Waals surface area contributed by atoms with Gasteiger partial charge >= 0.3 is 6.09 Å². The van der Waals surface area contributed by atoms with Crippen molar-refractivity contribution in [3.8, 4) is 0 Å². The predicted molar refractivity (Wildman–Crippen MR) is 73.5 cm³/mol. The molecule has 2 amide bonds. The lowest BCUT2D eigenvalue weighted by Crippen LogP contribution is -2.41. The number of primary amides is 1. The highest BCUT2D eigenvalue weighted by Gasteiger charge is 2.24. The van der Waals surface area contributed by atoms with E-state index in [9.17, 15) is 9.59 Å². The molecule has 5 nitrogen and oxygen atoms in total. The van der Waals surface area contributed by atoms with Crippen molar-refractivity contribution in [3.05, 3.63) is 0 Å². The van der Waals surface area contributed by atoms with Crippen molar-refractivity contribution in [3.63, 3.8) is 0 Å². The summed E-state index contributed by atoms with van der Waals surface area (Å²) in [5, 5.41) is 2.91. The molecule has 1 fully saturated rings. The first-order valence-electron chi connectivity index (χ1n) is 7.04. The number of nitrogens with two attached hydrogens (primary N) is 1. The molecule has 1 saturated carbocycles. The van der Waals surface area contributed by atoms with E-state index >= 15 is 0 Å². The van der Waals surface area contributed by atoms with Crippen molar-refractivity contribution in [1.82, 2.24) is 5.32 Å². The molecule has 110 valence electrons. The first-order valence-corrected chi connectivity index (χ1v) is 7.04. The molecule has 0 saturated heterocycles. The molecule has 0 aromatic rings. The molecule has 0 heterocycles. The first kappa shape index (κ1) is 15.8. The fourth-order valence-corrected chi connectivity index (χ4v) is 2.42. The fourth-order valence-electron chi connectivity index (χ4n) is 2.42. The van der Waals surface area contributed by atoms with Gasteiger partial charge in [-0.2, -0.15) is 0 Å². The summed E-state index contributed by atoms with van der Waals surface area (Å²) in [6.07, 6.45) is 4.96. The van der Waals surface area contributed by atoms with Crippen LogP contribution in [0.1, 0.15) is 59.3 Å². The SMILES string of the molecule is CC(C)(C)OC(=O)NC1CCC(CCC(N)=O)CC1. The smallest absolute Gasteiger partial charge is 0.407 e. The summed E-state index contributed by atoms with van der Waals surface area (Å²) < 4.78 is 5.24. The third kappa shape index (κ3) is 7.03. The minimum atomic E-state index is -0.456. The monoisotopic (exact) mass is 270 g/mol. The van der Waals surface area contributed by atoms with Crippen LogP contribution in [0.2, 0.25) is 0 Å². The zero-order valence-corrected chi connectivity index (χ0v) is 12.2. The fraction of sp³-hybridized carbons (Fsp3) is 0.857. The summed E-state index contributed by atoms with van der Waals surface area (Å²) in [5.74, 6) is 0.332. The van der Waals surface area contributed by atoms with E-state index in [0.29, 0.717) is 12.3 Å². The standard InChI is InChI=1S/C14H26N2O3/c1-14(2,3)19-13(18)16-11-7-4-10(5-8-11)6-9-12(15)17/h10-11H,4-9H2,1-3H3,(H2,15,17)(H,16,18). The average molecular weight is 270 g/mol. The van der Waals surface area contributed by atoms with Gasteiger partial charge in [0.1, 0.15) is 5.60 Å². The zero-order valence-electron chi connectivity index (χ0n) is 12.2. The molecular formula is C14H26N2O3. The number of rotatable bonds is 4. The van der Waals surface area contributed by atoms with Crippen LogP contribution in [-0.2, 0) is 9.53 Å². The lowest BCUT2D eigenvalue weighted by atomic mass is 9.83. The number of hydrogen-bond acceptors (Lipinski definition) is 3. The highest BCUT2D eigenvalue weighted by molar-refractivity contribution is 5.73. The number of carbonyl (C=O) groups is 2. The summed E-state index contributed by atoms with van der Waals surface area (Å²) in [7, 11) is 0. The molecule has 0 aromatic heterocycles. The van der Waals surface area contributed by atoms with Crippen molar-refractivity contribution in [2.24, 2.45) is 11.7 Å². The highest BCUT2D eigenvalue weighted by Crippen LogP contribution is 2.27. The third-order valence-electron chi connectivity index (χ3n) is 3.37. The van der Waals surface area contributed by atoms with E-state index in [4.69, 9.17) is 10.5 Å². The molecule has 0 atom stereocenters. The van der Waals surface area contributed by atoms with Gasteiger partial charge in [0, 0.05) is 12.5 Å². The van der Waals surface area contributed by atoms with Gasteiger partial charge in [0.25, 0.3) is 0 Å². The molecular weight excluding hydrogens is 244 g/mol. The molecule has 0 aromatic carbocycles. The maximum atomic E-state index is 11.6. The van der Waals surface area contributed by atoms with Crippen LogP contribution in [0.4, 0.5) is 4.79 Å². The van der Waals surface area contributed by atoms with E-state index in [2.05, 4.69) is 5.32 Å². The van der Waals surface area contributed by atoms with Crippen LogP contribution in [0.15, 0.2) is 0 Å². The third-order valence-corrected chi connectivity index (χ3v) is 3.37. The molecule has 3 N–H and O–H groups in total. The minimum Gasteiger partial charge on any atom is -0.444 e. The van der Waals surface area contributed by atoms with E-state index < -0.39 is 5.60 Å². The molecule has 0 unspecified atom stereocenters. The second kappa shape index (κ2) is 6.78. The Balaban J connectivity index is 2.23. The topological polar surface area (TPSA) is 81.4 Å². The van der Waals surface area contributed by atoms with Crippen molar-refractivity contribution in [1.29, 1.82) is 0 Å². The van der Waals surface area contributed by atoms with Crippen LogP contribution >= 0.6 is 0 Å². The number of nitrogens with one attached hydrogen (secondary N) is 1. The Morgan fingerprint density at radius 3 is 2.26 bits per heavy atom. The van der Waals surface area contributed by atoms with Crippen molar-refractivity contribution in [2.75, 3.05) is 0 Å². The molecule has 0 radical (unpaired) electrons. The summed E-state index contributed by atoms with van der Waals surface area (Å²) in [6, 6.07) is 0.194. The van der Waals surface area contributed by atoms with Gasteiger partial charge in [0.15, 0.2) is 0 Å². The Labute approximate surface area is 115 Å². The van der Waals surface area contributed by atoms with E-state index in [0.717, 1.165) is 32.1 Å². The molecule has 0 spiro atoms. The Hall–Kier alpha value is -1.26. The Bertz CT molecular complexity index is 315. The largest absolute Gasteiger partial charge is 0.444 e. The summed E-state index contributed by atoms with van der Waals surface area (Å²) in [5.41, 5.74) is 4.69. The zero-order chi connectivity index (χ0) is 14.5. The predicted octanol–water partition coefficient (Wildman–Crippen LogP) is 2.34. The molecule has 1 aliphatic rings. The number of carbonyl (C=O) groups excluding carboxylic acids is 2. The summed E-state index contributed by atoms with van der Waals surface area (Å²) in [6.45, 7) is 5.56. The Morgan fingerprint density at radius 1 is 1.21 bits per heavy atom. The van der Waals surface area contributed by atoms with Crippen molar-refractivity contribution >= 4 is 12.0 Å². The molecule has 0 bridgehead atoms. The second-order valence-corrected chi connectivity index (χ2v) is 6.37. The van der Waals surface area contributed by atoms with Gasteiger partial charge in [0.05, 0.1) is 0 Å². The highest BCUT2D eigenvalue weighted by atomic mass is 16.6. The van der Waals surface area contributed by atoms with Crippen LogP contribution in [0, 0.1) is 5.92 Å². The number of alkyl carbamates (subject to hydrolysis) is 1. The quantitative estimate of drug-likeness (QED) is 0.822. The number of ether oxygens (including phenoxy) is 1. The van der Waals surface area contributed by atoms with Gasteiger partial charge in [-0.1, -0.05) is 0 Å². The van der Waals surface area contributed by atoms with Crippen LogP contribution in [0.3, 0.4) is 0 Å². The van der Waals surface area contributed by atoms with Crippen LogP contribution in [0.5, 0.6) is 0 Å². The maximum Gasteiger partial charge on any atom is 0.407 e. The number of amides is 2. The summed E-state index contributed by atoms with van der Waals surface area (Å²) >= 11 is 0. The van der Waals surface area contributed by atoms with Gasteiger partial charge in [-0.25, -0.2) is 4.79 Å². The molecule has 19 heavy (non-hydrogen) atoms. The van der Waals surface area contributed by atoms with Crippen LogP contribution < -0.4 is 11.1 Å². The lowest BCUT2D eigenvalue weighted by Gasteiger charge is -2.29. The van der Waals surface area contributed by atoms with Gasteiger partial charge in [-0.3, -0.25) is 4.79 Å². The van der Waals surface area contributed by atoms with Crippen LogP contribution in [-0.4, -0.2) is 23.6 Å². The van der Waals surface area contributed by atoms with Crippen LogP contribution in [0.25, 0.3) is 0 Å². The van der Waals surface area contributed by atoms with Gasteiger partial charge in [0.2, 0.25) is 5.91 Å². The second-order valence-electron chi connectivity index (χ2n) is 6.37. The minimum absolute atomic E-state index is 0.194. The molecule has 1 aliphatic carbocycles. The van der Waals surface area contributed by atoms with Gasteiger partial charge < -0.3 is 15.8 Å². The summed E-state index contributed by atoms with van der Waals surface area (Å²) in [4.78, 5) is 22.4. The van der Waals surface area contributed by atoms with Gasteiger partial charge in [-0.05, 0) is 58.8 Å². The molecule has 1 rings (SSSR count). The molecule has 5 heteroatoms. The van der Waals surface area contributed by atoms with E-state index in [1.165, 1.54) is 0 Å². The van der Waals surface area contributed by atoms with Gasteiger partial charge in [-0.15, -0.1) is 0 Å². The average Bonchev–Trinajstić information content (AvgIpc) is 2.25. The van der Waals surface area contributed by atoms with E-state index in [1.54, 1.807) is 0 Å². The molecule has 0 aliphatic heterocycles. The lowest BCUT2D eigenvalue weighted by molar-refractivity contribution is -0.118. The van der Waals surface area contributed by atoms with Crippen molar-refractivity contribution < 1.29 is 14.3 Å². The maximum absolute atomic E-state index is 11.6. The van der Waals surface area contributed by atoms with Crippen molar-refractivity contribution in [2.45, 2.75) is 70.9 Å². The van der Waals surface area contributed by atoms with E-state index in [1.807, 2.05) is 20.8 Å².